The first kappa shape index (κ1) is 12.7. The van der Waals surface area contributed by atoms with Crippen LogP contribution in [-0.4, -0.2) is 18.2 Å². The van der Waals surface area contributed by atoms with Gasteiger partial charge in [0.2, 0.25) is 0 Å². The van der Waals surface area contributed by atoms with E-state index in [2.05, 4.69) is 28.7 Å². The molecule has 0 spiro atoms. The van der Waals surface area contributed by atoms with E-state index in [0.717, 1.165) is 15.6 Å². The van der Waals surface area contributed by atoms with Gasteiger partial charge in [-0.2, -0.15) is 0 Å². The van der Waals surface area contributed by atoms with E-state index in [9.17, 15) is 4.79 Å². The third-order valence-electron chi connectivity index (χ3n) is 2.62. The molecule has 17 heavy (non-hydrogen) atoms. The second-order valence-electron chi connectivity index (χ2n) is 4.70. The first-order chi connectivity index (χ1) is 7.93. The van der Waals surface area contributed by atoms with Gasteiger partial charge in [-0.3, -0.25) is 0 Å². The topological polar surface area (TPSA) is 35.5 Å². The zero-order valence-corrected chi connectivity index (χ0v) is 12.3. The van der Waals surface area contributed by atoms with Crippen molar-refractivity contribution in [2.45, 2.75) is 32.8 Å². The first-order valence-corrected chi connectivity index (χ1v) is 6.69. The van der Waals surface area contributed by atoms with Gasteiger partial charge in [0, 0.05) is 15.6 Å². The van der Waals surface area contributed by atoms with Crippen LogP contribution in [0.15, 0.2) is 12.1 Å². The minimum absolute atomic E-state index is 0.242. The Morgan fingerprint density at radius 2 is 2.24 bits per heavy atom. The molecule has 1 aromatic rings. The standard InChI is InChI=1S/C13H15IO3/c1-4-16-12(15)10-6-9(14)5-8-7-13(2,3)17-11(8)10/h5-6H,4,7H2,1-3H3. The zero-order chi connectivity index (χ0) is 12.6. The Kier molecular flexibility index (Phi) is 3.34. The van der Waals surface area contributed by atoms with Crippen LogP contribution in [0.25, 0.3) is 0 Å². The smallest absolute Gasteiger partial charge is 0.341 e. The fourth-order valence-corrected chi connectivity index (χ4v) is 2.72. The highest BCUT2D eigenvalue weighted by Gasteiger charge is 2.34. The van der Waals surface area contributed by atoms with Gasteiger partial charge in [0.25, 0.3) is 0 Å². The van der Waals surface area contributed by atoms with E-state index < -0.39 is 0 Å². The van der Waals surface area contributed by atoms with Crippen LogP contribution in [0.2, 0.25) is 0 Å². The molecule has 0 saturated heterocycles. The molecule has 0 aromatic heterocycles. The largest absolute Gasteiger partial charge is 0.486 e. The fourth-order valence-electron chi connectivity index (χ4n) is 2.03. The fraction of sp³-hybridized carbons (Fsp3) is 0.462. The van der Waals surface area contributed by atoms with Crippen molar-refractivity contribution in [1.82, 2.24) is 0 Å². The van der Waals surface area contributed by atoms with Crippen LogP contribution in [0.5, 0.6) is 5.75 Å². The van der Waals surface area contributed by atoms with Gasteiger partial charge in [0.05, 0.1) is 6.61 Å². The summed E-state index contributed by atoms with van der Waals surface area (Å²) in [6.07, 6.45) is 0.825. The summed E-state index contributed by atoms with van der Waals surface area (Å²) in [5, 5.41) is 0. The van der Waals surface area contributed by atoms with E-state index in [1.807, 2.05) is 19.9 Å². The lowest BCUT2D eigenvalue weighted by Crippen LogP contribution is -2.25. The number of carbonyl (C=O) groups excluding carboxylic acids is 1. The summed E-state index contributed by atoms with van der Waals surface area (Å²) in [4.78, 5) is 11.9. The summed E-state index contributed by atoms with van der Waals surface area (Å²) in [7, 11) is 0. The molecule has 0 saturated carbocycles. The molecule has 4 heteroatoms. The molecule has 0 radical (unpaired) electrons. The molecule has 1 aromatic carbocycles. The molecule has 1 aliphatic rings. The highest BCUT2D eigenvalue weighted by atomic mass is 127. The van der Waals surface area contributed by atoms with E-state index in [1.165, 1.54) is 0 Å². The summed E-state index contributed by atoms with van der Waals surface area (Å²) in [6.45, 7) is 6.23. The molecule has 0 N–H and O–H groups in total. The van der Waals surface area contributed by atoms with Crippen LogP contribution in [-0.2, 0) is 11.2 Å². The average molecular weight is 346 g/mol. The van der Waals surface area contributed by atoms with Crippen molar-refractivity contribution in [3.8, 4) is 5.75 Å². The molecule has 0 fully saturated rings. The van der Waals surface area contributed by atoms with Gasteiger partial charge in [-0.1, -0.05) is 0 Å². The number of carbonyl (C=O) groups is 1. The van der Waals surface area contributed by atoms with Crippen LogP contribution in [0.3, 0.4) is 0 Å². The van der Waals surface area contributed by atoms with Gasteiger partial charge in [0.15, 0.2) is 0 Å². The van der Waals surface area contributed by atoms with Gasteiger partial charge in [-0.25, -0.2) is 4.79 Å². The number of rotatable bonds is 2. The Hall–Kier alpha value is -0.780. The maximum absolute atomic E-state index is 11.9. The van der Waals surface area contributed by atoms with Crippen LogP contribution in [0.4, 0.5) is 0 Å². The van der Waals surface area contributed by atoms with Crippen LogP contribution < -0.4 is 4.74 Å². The quantitative estimate of drug-likeness (QED) is 0.610. The molecule has 92 valence electrons. The van der Waals surface area contributed by atoms with E-state index in [1.54, 1.807) is 6.92 Å². The third-order valence-corrected chi connectivity index (χ3v) is 3.24. The molecule has 3 nitrogen and oxygen atoms in total. The van der Waals surface area contributed by atoms with Gasteiger partial charge in [-0.15, -0.1) is 0 Å². The average Bonchev–Trinajstić information content (AvgIpc) is 2.51. The second kappa shape index (κ2) is 4.48. The van der Waals surface area contributed by atoms with Crippen molar-refractivity contribution in [1.29, 1.82) is 0 Å². The van der Waals surface area contributed by atoms with E-state index in [0.29, 0.717) is 17.9 Å². The van der Waals surface area contributed by atoms with E-state index in [4.69, 9.17) is 9.47 Å². The van der Waals surface area contributed by atoms with E-state index in [-0.39, 0.29) is 11.6 Å². The lowest BCUT2D eigenvalue weighted by atomic mass is 10.0. The van der Waals surface area contributed by atoms with Crippen molar-refractivity contribution < 1.29 is 14.3 Å². The molecule has 0 aliphatic carbocycles. The molecule has 0 bridgehead atoms. The summed E-state index contributed by atoms with van der Waals surface area (Å²) in [5.41, 5.74) is 1.39. The molecule has 0 unspecified atom stereocenters. The zero-order valence-electron chi connectivity index (χ0n) is 10.2. The molecular weight excluding hydrogens is 331 g/mol. The van der Waals surface area contributed by atoms with Crippen molar-refractivity contribution in [3.63, 3.8) is 0 Å². The Morgan fingerprint density at radius 3 is 2.88 bits per heavy atom. The van der Waals surface area contributed by atoms with Crippen molar-refractivity contribution in [3.05, 3.63) is 26.8 Å². The summed E-state index contributed by atoms with van der Waals surface area (Å²) in [6, 6.07) is 3.88. The van der Waals surface area contributed by atoms with Crippen molar-refractivity contribution >= 4 is 28.6 Å². The number of halogens is 1. The molecule has 1 aliphatic heterocycles. The Bertz CT molecular complexity index is 466. The number of hydrogen-bond donors (Lipinski definition) is 0. The lowest BCUT2D eigenvalue weighted by molar-refractivity contribution is 0.0516. The number of esters is 1. The van der Waals surface area contributed by atoms with Crippen LogP contribution >= 0.6 is 22.6 Å². The predicted molar refractivity (Wildman–Crippen MR) is 73.5 cm³/mol. The molecular formula is C13H15IO3. The van der Waals surface area contributed by atoms with Crippen molar-refractivity contribution in [2.24, 2.45) is 0 Å². The van der Waals surface area contributed by atoms with Gasteiger partial charge < -0.3 is 9.47 Å². The maximum atomic E-state index is 11.9. The van der Waals surface area contributed by atoms with Crippen molar-refractivity contribution in [2.75, 3.05) is 6.61 Å². The molecule has 0 amide bonds. The number of fused-ring (bicyclic) bond motifs is 1. The van der Waals surface area contributed by atoms with Crippen LogP contribution in [0.1, 0.15) is 36.7 Å². The molecule has 1 heterocycles. The highest BCUT2D eigenvalue weighted by molar-refractivity contribution is 14.1. The minimum atomic E-state index is -0.306. The number of ether oxygens (including phenoxy) is 2. The lowest BCUT2D eigenvalue weighted by Gasteiger charge is -2.17. The highest BCUT2D eigenvalue weighted by Crippen LogP contribution is 2.39. The second-order valence-corrected chi connectivity index (χ2v) is 5.95. The van der Waals surface area contributed by atoms with Gasteiger partial charge in [0.1, 0.15) is 16.9 Å². The monoisotopic (exact) mass is 346 g/mol. The maximum Gasteiger partial charge on any atom is 0.341 e. The Balaban J connectivity index is 2.45. The first-order valence-electron chi connectivity index (χ1n) is 5.61. The van der Waals surface area contributed by atoms with Crippen LogP contribution in [0, 0.1) is 3.57 Å². The third kappa shape index (κ3) is 2.56. The van der Waals surface area contributed by atoms with Gasteiger partial charge >= 0.3 is 5.97 Å². The predicted octanol–water partition coefficient (Wildman–Crippen LogP) is 3.18. The Labute approximate surface area is 115 Å². The normalized spacial score (nSPS) is 16.2. The number of hydrogen-bond acceptors (Lipinski definition) is 3. The SMILES string of the molecule is CCOC(=O)c1cc(I)cc2c1OC(C)(C)C2. The molecule has 0 atom stereocenters. The summed E-state index contributed by atoms with van der Waals surface area (Å²) < 4.78 is 11.9. The minimum Gasteiger partial charge on any atom is -0.486 e. The van der Waals surface area contributed by atoms with Gasteiger partial charge in [-0.05, 0) is 55.5 Å². The summed E-state index contributed by atoms with van der Waals surface area (Å²) >= 11 is 2.21. The Morgan fingerprint density at radius 1 is 1.53 bits per heavy atom. The molecule has 2 rings (SSSR count). The van der Waals surface area contributed by atoms with E-state index >= 15 is 0 Å². The number of benzene rings is 1. The summed E-state index contributed by atoms with van der Waals surface area (Å²) in [5.74, 6) is 0.383.